The SMILES string of the molecule is C=CC1CCC(c2ccc(OC(=O)c3ccc(C4=CCC(OCC)C=C4F)cc3)c(F)c2F)CC1. The maximum absolute atomic E-state index is 14.8. The smallest absolute Gasteiger partial charge is 0.343 e. The van der Waals surface area contributed by atoms with E-state index in [0.29, 0.717) is 35.6 Å². The molecular weight excluding hydrogens is 453 g/mol. The molecule has 2 aromatic rings. The molecule has 0 radical (unpaired) electrons. The zero-order chi connectivity index (χ0) is 24.9. The summed E-state index contributed by atoms with van der Waals surface area (Å²) in [5.41, 5.74) is 1.48. The Morgan fingerprint density at radius 1 is 1.03 bits per heavy atom. The van der Waals surface area contributed by atoms with E-state index in [4.69, 9.17) is 9.47 Å². The molecule has 0 heterocycles. The summed E-state index contributed by atoms with van der Waals surface area (Å²) in [5, 5.41) is 0. The number of carbonyl (C=O) groups excluding carboxylic acids is 1. The molecule has 0 saturated heterocycles. The molecule has 2 aromatic carbocycles. The first kappa shape index (κ1) is 25.0. The average molecular weight is 483 g/mol. The Hall–Kier alpha value is -3.12. The van der Waals surface area contributed by atoms with Crippen molar-refractivity contribution in [1.82, 2.24) is 0 Å². The van der Waals surface area contributed by atoms with Crippen molar-refractivity contribution in [3.8, 4) is 5.75 Å². The molecule has 0 N–H and O–H groups in total. The monoisotopic (exact) mass is 482 g/mol. The maximum atomic E-state index is 14.8. The predicted molar refractivity (Wildman–Crippen MR) is 130 cm³/mol. The Morgan fingerprint density at radius 3 is 2.37 bits per heavy atom. The van der Waals surface area contributed by atoms with Gasteiger partial charge in [0, 0.05) is 12.2 Å². The molecule has 4 rings (SSSR count). The van der Waals surface area contributed by atoms with E-state index in [0.717, 1.165) is 25.7 Å². The first-order valence-corrected chi connectivity index (χ1v) is 12.0. The van der Waals surface area contributed by atoms with Crippen molar-refractivity contribution >= 4 is 11.5 Å². The normalized spacial score (nSPS) is 22.2. The van der Waals surface area contributed by atoms with Crippen LogP contribution in [-0.4, -0.2) is 18.7 Å². The number of allylic oxidation sites excluding steroid dienone is 3. The van der Waals surface area contributed by atoms with Crippen LogP contribution in [0.25, 0.3) is 5.57 Å². The minimum Gasteiger partial charge on any atom is -0.420 e. The van der Waals surface area contributed by atoms with Gasteiger partial charge in [0.25, 0.3) is 0 Å². The van der Waals surface area contributed by atoms with Gasteiger partial charge in [-0.3, -0.25) is 0 Å². The highest BCUT2D eigenvalue weighted by Crippen LogP contribution is 2.39. The van der Waals surface area contributed by atoms with Gasteiger partial charge in [0.1, 0.15) is 5.83 Å². The van der Waals surface area contributed by atoms with Crippen molar-refractivity contribution in [1.29, 1.82) is 0 Å². The molecule has 1 saturated carbocycles. The van der Waals surface area contributed by atoms with Gasteiger partial charge in [-0.05, 0) is 86.3 Å². The molecule has 0 spiro atoms. The van der Waals surface area contributed by atoms with Crippen LogP contribution in [0.5, 0.6) is 5.75 Å². The zero-order valence-electron chi connectivity index (χ0n) is 19.7. The van der Waals surface area contributed by atoms with Crippen LogP contribution in [0.2, 0.25) is 0 Å². The highest BCUT2D eigenvalue weighted by Gasteiger charge is 2.26. The van der Waals surface area contributed by atoms with Gasteiger partial charge in [-0.2, -0.15) is 4.39 Å². The highest BCUT2D eigenvalue weighted by atomic mass is 19.2. The number of hydrogen-bond donors (Lipinski definition) is 0. The Balaban J connectivity index is 1.43. The maximum Gasteiger partial charge on any atom is 0.343 e. The summed E-state index contributed by atoms with van der Waals surface area (Å²) in [4.78, 5) is 12.6. The van der Waals surface area contributed by atoms with Gasteiger partial charge >= 0.3 is 5.97 Å². The number of esters is 1. The first-order valence-electron chi connectivity index (χ1n) is 12.0. The molecule has 0 aliphatic heterocycles. The minimum atomic E-state index is -1.17. The molecule has 1 atom stereocenters. The zero-order valence-corrected chi connectivity index (χ0v) is 19.7. The molecule has 2 aliphatic rings. The van der Waals surface area contributed by atoms with Crippen molar-refractivity contribution < 1.29 is 27.4 Å². The number of hydrogen-bond acceptors (Lipinski definition) is 3. The summed E-state index contributed by atoms with van der Waals surface area (Å²) in [5.74, 6) is -3.44. The molecule has 3 nitrogen and oxygen atoms in total. The molecule has 1 unspecified atom stereocenters. The van der Waals surface area contributed by atoms with Crippen LogP contribution in [0.3, 0.4) is 0 Å². The quantitative estimate of drug-likeness (QED) is 0.231. The van der Waals surface area contributed by atoms with Crippen molar-refractivity contribution in [2.24, 2.45) is 5.92 Å². The van der Waals surface area contributed by atoms with Crippen LogP contribution in [0.1, 0.15) is 66.4 Å². The lowest BCUT2D eigenvalue weighted by atomic mass is 9.78. The van der Waals surface area contributed by atoms with E-state index < -0.39 is 23.4 Å². The lowest BCUT2D eigenvalue weighted by Gasteiger charge is -2.27. The average Bonchev–Trinajstić information content (AvgIpc) is 2.87. The summed E-state index contributed by atoms with van der Waals surface area (Å²) in [6.45, 7) is 6.16. The van der Waals surface area contributed by atoms with Gasteiger partial charge in [0.15, 0.2) is 11.6 Å². The summed E-state index contributed by atoms with van der Waals surface area (Å²) in [7, 11) is 0. The summed E-state index contributed by atoms with van der Waals surface area (Å²) < 4.78 is 54.6. The van der Waals surface area contributed by atoms with E-state index in [1.807, 2.05) is 13.0 Å². The van der Waals surface area contributed by atoms with Crippen molar-refractivity contribution in [2.45, 2.75) is 51.0 Å². The van der Waals surface area contributed by atoms with Crippen LogP contribution in [-0.2, 0) is 4.74 Å². The van der Waals surface area contributed by atoms with Gasteiger partial charge in [-0.1, -0.05) is 30.4 Å². The second-order valence-electron chi connectivity index (χ2n) is 8.96. The lowest BCUT2D eigenvalue weighted by Crippen LogP contribution is -2.15. The number of carbonyl (C=O) groups is 1. The van der Waals surface area contributed by atoms with Crippen LogP contribution in [0.4, 0.5) is 13.2 Å². The predicted octanol–water partition coefficient (Wildman–Crippen LogP) is 7.69. The van der Waals surface area contributed by atoms with Crippen LogP contribution >= 0.6 is 0 Å². The van der Waals surface area contributed by atoms with E-state index in [-0.39, 0.29) is 23.4 Å². The highest BCUT2D eigenvalue weighted by molar-refractivity contribution is 5.92. The second-order valence-corrected chi connectivity index (χ2v) is 8.96. The minimum absolute atomic E-state index is 0.0645. The third-order valence-electron chi connectivity index (χ3n) is 6.78. The first-order chi connectivity index (χ1) is 16.9. The second kappa shape index (κ2) is 11.1. The summed E-state index contributed by atoms with van der Waals surface area (Å²) >= 11 is 0. The molecule has 2 aliphatic carbocycles. The Morgan fingerprint density at radius 2 is 1.74 bits per heavy atom. The van der Waals surface area contributed by atoms with E-state index in [9.17, 15) is 18.0 Å². The van der Waals surface area contributed by atoms with Crippen LogP contribution in [0.15, 0.2) is 67.0 Å². The topological polar surface area (TPSA) is 35.5 Å². The van der Waals surface area contributed by atoms with Crippen molar-refractivity contribution in [3.63, 3.8) is 0 Å². The van der Waals surface area contributed by atoms with Crippen LogP contribution in [0, 0.1) is 17.6 Å². The molecule has 35 heavy (non-hydrogen) atoms. The van der Waals surface area contributed by atoms with Gasteiger partial charge in [0.05, 0.1) is 11.7 Å². The van der Waals surface area contributed by atoms with Gasteiger partial charge < -0.3 is 9.47 Å². The Kier molecular flexibility index (Phi) is 7.91. The van der Waals surface area contributed by atoms with Crippen LogP contribution < -0.4 is 4.74 Å². The molecule has 0 amide bonds. The standard InChI is InChI=1S/C29H29F3O3/c1-3-18-5-7-20(8-6-18)24-15-16-26(28(32)27(24)31)35-29(33)21-11-9-19(10-12-21)23-14-13-22(34-4-2)17-25(23)30/h3,9-12,14-18,20,22H,1,4-8,13H2,2H3. The molecule has 1 fully saturated rings. The summed E-state index contributed by atoms with van der Waals surface area (Å²) in [6, 6.07) is 8.94. The fourth-order valence-electron chi connectivity index (χ4n) is 4.79. The number of ether oxygens (including phenoxy) is 2. The summed E-state index contributed by atoms with van der Waals surface area (Å²) in [6.07, 6.45) is 8.68. The molecule has 0 aromatic heterocycles. The molecule has 184 valence electrons. The third kappa shape index (κ3) is 5.59. The Labute approximate surface area is 203 Å². The van der Waals surface area contributed by atoms with Gasteiger partial charge in [-0.25, -0.2) is 13.6 Å². The fourth-order valence-corrected chi connectivity index (χ4v) is 4.79. The molecule has 0 bridgehead atoms. The third-order valence-corrected chi connectivity index (χ3v) is 6.78. The van der Waals surface area contributed by atoms with Crippen molar-refractivity contribution in [3.05, 3.63) is 95.4 Å². The largest absolute Gasteiger partial charge is 0.420 e. The molecule has 6 heteroatoms. The van der Waals surface area contributed by atoms with E-state index >= 15 is 0 Å². The number of halogens is 3. The van der Waals surface area contributed by atoms with Gasteiger partial charge in [0.2, 0.25) is 5.82 Å². The Bertz CT molecular complexity index is 1140. The van der Waals surface area contributed by atoms with E-state index in [1.165, 1.54) is 30.3 Å². The molecular formula is C29H29F3O3. The van der Waals surface area contributed by atoms with Crippen molar-refractivity contribution in [2.75, 3.05) is 6.61 Å². The lowest BCUT2D eigenvalue weighted by molar-refractivity contribution is 0.0726. The number of rotatable bonds is 7. The number of benzene rings is 2. The van der Waals surface area contributed by atoms with Gasteiger partial charge in [-0.15, -0.1) is 6.58 Å². The fraction of sp³-hybridized carbons (Fsp3) is 0.345. The van der Waals surface area contributed by atoms with E-state index in [2.05, 4.69) is 6.58 Å². The van der Waals surface area contributed by atoms with E-state index in [1.54, 1.807) is 18.2 Å².